The van der Waals surface area contributed by atoms with Crippen LogP contribution in [0, 0.1) is 0 Å². The van der Waals surface area contributed by atoms with E-state index in [1.54, 1.807) is 0 Å². The molecule has 0 heterocycles. The lowest BCUT2D eigenvalue weighted by atomic mass is 10.1. The first-order chi connectivity index (χ1) is 8.81. The summed E-state index contributed by atoms with van der Waals surface area (Å²) < 4.78 is 5.75. The topological polar surface area (TPSA) is 21.3 Å². The van der Waals surface area contributed by atoms with Crippen LogP contribution in [0.4, 0.5) is 0 Å². The molecule has 2 aromatic rings. The SMILES string of the molecule is CNC(COc1ccccc1)c1ccccc1Cl. The first-order valence-electron chi connectivity index (χ1n) is 5.91. The molecule has 2 aromatic carbocycles. The molecule has 0 bridgehead atoms. The first kappa shape index (κ1) is 12.9. The average Bonchev–Trinajstić information content (AvgIpc) is 2.42. The Morgan fingerprint density at radius 3 is 2.39 bits per heavy atom. The Morgan fingerprint density at radius 2 is 1.72 bits per heavy atom. The summed E-state index contributed by atoms with van der Waals surface area (Å²) in [7, 11) is 1.91. The lowest BCUT2D eigenvalue weighted by Crippen LogP contribution is -2.23. The summed E-state index contributed by atoms with van der Waals surface area (Å²) in [6.07, 6.45) is 0. The van der Waals surface area contributed by atoms with Gasteiger partial charge in [-0.15, -0.1) is 0 Å². The molecule has 0 fully saturated rings. The van der Waals surface area contributed by atoms with Crippen molar-refractivity contribution in [1.29, 1.82) is 0 Å². The number of rotatable bonds is 5. The van der Waals surface area contributed by atoms with Crippen LogP contribution in [0.15, 0.2) is 54.6 Å². The Morgan fingerprint density at radius 1 is 1.06 bits per heavy atom. The summed E-state index contributed by atoms with van der Waals surface area (Å²) in [4.78, 5) is 0. The zero-order valence-corrected chi connectivity index (χ0v) is 11.0. The van der Waals surface area contributed by atoms with Crippen molar-refractivity contribution in [3.05, 3.63) is 65.2 Å². The molecule has 2 rings (SSSR count). The van der Waals surface area contributed by atoms with Crippen molar-refractivity contribution in [2.75, 3.05) is 13.7 Å². The summed E-state index contributed by atoms with van der Waals surface area (Å²) in [6, 6.07) is 17.7. The van der Waals surface area contributed by atoms with E-state index in [1.165, 1.54) is 0 Å². The summed E-state index contributed by atoms with van der Waals surface area (Å²) >= 11 is 6.18. The number of hydrogen-bond donors (Lipinski definition) is 1. The first-order valence-corrected chi connectivity index (χ1v) is 6.28. The molecule has 18 heavy (non-hydrogen) atoms. The van der Waals surface area contributed by atoms with Crippen LogP contribution >= 0.6 is 11.6 Å². The van der Waals surface area contributed by atoms with Crippen molar-refractivity contribution < 1.29 is 4.74 Å². The second kappa shape index (κ2) is 6.43. The van der Waals surface area contributed by atoms with Gasteiger partial charge < -0.3 is 10.1 Å². The molecule has 3 heteroatoms. The van der Waals surface area contributed by atoms with Crippen LogP contribution in [-0.2, 0) is 0 Å². The maximum atomic E-state index is 6.18. The van der Waals surface area contributed by atoms with Crippen molar-refractivity contribution in [3.8, 4) is 5.75 Å². The largest absolute Gasteiger partial charge is 0.492 e. The molecule has 0 saturated carbocycles. The molecule has 0 spiro atoms. The van der Waals surface area contributed by atoms with Crippen LogP contribution in [0.5, 0.6) is 5.75 Å². The molecular formula is C15H16ClNO. The van der Waals surface area contributed by atoms with Crippen LogP contribution in [-0.4, -0.2) is 13.7 Å². The van der Waals surface area contributed by atoms with Crippen molar-refractivity contribution in [2.24, 2.45) is 0 Å². The summed E-state index contributed by atoms with van der Waals surface area (Å²) in [5.41, 5.74) is 1.05. The van der Waals surface area contributed by atoms with E-state index in [0.717, 1.165) is 16.3 Å². The fourth-order valence-corrected chi connectivity index (χ4v) is 2.05. The van der Waals surface area contributed by atoms with Gasteiger partial charge in [0.15, 0.2) is 0 Å². The Balaban J connectivity index is 2.04. The number of para-hydroxylation sites is 1. The van der Waals surface area contributed by atoms with Crippen molar-refractivity contribution in [2.45, 2.75) is 6.04 Å². The highest BCUT2D eigenvalue weighted by Gasteiger charge is 2.12. The summed E-state index contributed by atoms with van der Waals surface area (Å²) in [5, 5.41) is 3.98. The molecule has 0 aliphatic carbocycles. The number of nitrogens with one attached hydrogen (secondary N) is 1. The van der Waals surface area contributed by atoms with E-state index in [2.05, 4.69) is 5.32 Å². The predicted octanol–water partition coefficient (Wildman–Crippen LogP) is 3.68. The number of likely N-dealkylation sites (N-methyl/N-ethyl adjacent to an activating group) is 1. The third kappa shape index (κ3) is 3.25. The smallest absolute Gasteiger partial charge is 0.119 e. The normalized spacial score (nSPS) is 12.1. The summed E-state index contributed by atoms with van der Waals surface area (Å²) in [5.74, 6) is 0.866. The van der Waals surface area contributed by atoms with Gasteiger partial charge in [-0.2, -0.15) is 0 Å². The van der Waals surface area contributed by atoms with E-state index in [-0.39, 0.29) is 6.04 Å². The fraction of sp³-hybridized carbons (Fsp3) is 0.200. The van der Waals surface area contributed by atoms with Gasteiger partial charge in [0.1, 0.15) is 12.4 Å². The minimum Gasteiger partial charge on any atom is -0.492 e. The number of halogens is 1. The highest BCUT2D eigenvalue weighted by atomic mass is 35.5. The number of hydrogen-bond acceptors (Lipinski definition) is 2. The second-order valence-corrected chi connectivity index (χ2v) is 4.39. The predicted molar refractivity (Wildman–Crippen MR) is 75.2 cm³/mol. The molecule has 0 radical (unpaired) electrons. The highest BCUT2D eigenvalue weighted by Crippen LogP contribution is 2.23. The van der Waals surface area contributed by atoms with Gasteiger partial charge in [-0.1, -0.05) is 48.0 Å². The van der Waals surface area contributed by atoms with Gasteiger partial charge in [-0.05, 0) is 30.8 Å². The number of benzene rings is 2. The highest BCUT2D eigenvalue weighted by molar-refractivity contribution is 6.31. The summed E-state index contributed by atoms with van der Waals surface area (Å²) in [6.45, 7) is 0.546. The molecule has 0 amide bonds. The molecule has 2 nitrogen and oxygen atoms in total. The van der Waals surface area contributed by atoms with Gasteiger partial charge in [-0.25, -0.2) is 0 Å². The fourth-order valence-electron chi connectivity index (χ4n) is 1.78. The Labute approximate surface area is 113 Å². The molecule has 0 aliphatic rings. The number of ether oxygens (including phenoxy) is 1. The third-order valence-corrected chi connectivity index (χ3v) is 3.13. The minimum atomic E-state index is 0.0823. The van der Waals surface area contributed by atoms with Crippen molar-refractivity contribution in [3.63, 3.8) is 0 Å². The van der Waals surface area contributed by atoms with Gasteiger partial charge in [0, 0.05) is 5.02 Å². The monoisotopic (exact) mass is 261 g/mol. The lowest BCUT2D eigenvalue weighted by molar-refractivity contribution is 0.273. The van der Waals surface area contributed by atoms with Gasteiger partial charge >= 0.3 is 0 Å². The lowest BCUT2D eigenvalue weighted by Gasteiger charge is -2.18. The van der Waals surface area contributed by atoms with E-state index in [9.17, 15) is 0 Å². The Bertz CT molecular complexity index is 487. The Hall–Kier alpha value is -1.51. The van der Waals surface area contributed by atoms with E-state index < -0.39 is 0 Å². The van der Waals surface area contributed by atoms with Crippen LogP contribution in [0.3, 0.4) is 0 Å². The molecule has 0 saturated heterocycles. The maximum Gasteiger partial charge on any atom is 0.119 e. The van der Waals surface area contributed by atoms with Crippen LogP contribution in [0.1, 0.15) is 11.6 Å². The molecule has 1 N–H and O–H groups in total. The molecule has 94 valence electrons. The quantitative estimate of drug-likeness (QED) is 0.887. The van der Waals surface area contributed by atoms with E-state index in [1.807, 2.05) is 61.6 Å². The zero-order valence-electron chi connectivity index (χ0n) is 10.3. The van der Waals surface area contributed by atoms with E-state index in [4.69, 9.17) is 16.3 Å². The molecule has 1 unspecified atom stereocenters. The standard InChI is InChI=1S/C15H16ClNO/c1-17-15(13-9-5-6-10-14(13)16)11-18-12-7-3-2-4-8-12/h2-10,15,17H,11H2,1H3. The molecule has 0 aliphatic heterocycles. The van der Waals surface area contributed by atoms with Crippen LogP contribution in [0.2, 0.25) is 5.02 Å². The Kier molecular flexibility index (Phi) is 4.62. The zero-order chi connectivity index (χ0) is 12.8. The van der Waals surface area contributed by atoms with Crippen LogP contribution in [0.25, 0.3) is 0 Å². The second-order valence-electron chi connectivity index (χ2n) is 3.99. The maximum absolute atomic E-state index is 6.18. The van der Waals surface area contributed by atoms with Crippen molar-refractivity contribution in [1.82, 2.24) is 5.32 Å². The van der Waals surface area contributed by atoms with E-state index >= 15 is 0 Å². The minimum absolute atomic E-state index is 0.0823. The van der Waals surface area contributed by atoms with Gasteiger partial charge in [0.25, 0.3) is 0 Å². The third-order valence-electron chi connectivity index (χ3n) is 2.79. The average molecular weight is 262 g/mol. The van der Waals surface area contributed by atoms with Gasteiger partial charge in [0.05, 0.1) is 6.04 Å². The van der Waals surface area contributed by atoms with E-state index in [0.29, 0.717) is 6.61 Å². The van der Waals surface area contributed by atoms with Crippen LogP contribution < -0.4 is 10.1 Å². The van der Waals surface area contributed by atoms with Gasteiger partial charge in [-0.3, -0.25) is 0 Å². The molecule has 1 atom stereocenters. The van der Waals surface area contributed by atoms with Gasteiger partial charge in [0.2, 0.25) is 0 Å². The molecule has 0 aromatic heterocycles. The van der Waals surface area contributed by atoms with Crippen molar-refractivity contribution >= 4 is 11.6 Å². The molecular weight excluding hydrogens is 246 g/mol.